The maximum atomic E-state index is 12.6. The van der Waals surface area contributed by atoms with E-state index in [1.54, 1.807) is 7.11 Å². The number of amides is 1. The highest BCUT2D eigenvalue weighted by molar-refractivity contribution is 8.18. The molecule has 0 saturated carbocycles. The second kappa shape index (κ2) is 11.5. The fourth-order valence-electron chi connectivity index (χ4n) is 4.25. The van der Waals surface area contributed by atoms with Crippen LogP contribution in [0.2, 0.25) is 0 Å². The Hall–Kier alpha value is -3.55. The average Bonchev–Trinajstić information content (AvgIpc) is 3.29. The summed E-state index contributed by atoms with van der Waals surface area (Å²) in [6, 6.07) is 26.2. The van der Waals surface area contributed by atoms with Crippen molar-refractivity contribution in [1.82, 2.24) is 9.80 Å². The van der Waals surface area contributed by atoms with Gasteiger partial charge >= 0.3 is 0 Å². The molecule has 2 aliphatic heterocycles. The van der Waals surface area contributed by atoms with Crippen LogP contribution in [0.3, 0.4) is 0 Å². The molecule has 0 bridgehead atoms. The van der Waals surface area contributed by atoms with Crippen LogP contribution in [-0.2, 0) is 17.9 Å². The molecule has 184 valence electrons. The molecule has 0 N–H and O–H groups in total. The minimum absolute atomic E-state index is 0.190. The van der Waals surface area contributed by atoms with Gasteiger partial charge in [-0.1, -0.05) is 66.7 Å². The first-order valence-electron chi connectivity index (χ1n) is 12.1. The van der Waals surface area contributed by atoms with Gasteiger partial charge in [0.25, 0.3) is 5.91 Å². The predicted molar refractivity (Wildman–Crippen MR) is 145 cm³/mol. The SMILES string of the molecule is COc1cc(/C=C2/SC(N3CCN(Cc4ccccc4)CC3)=NC2=O)ccc1OCc1ccccc1. The Morgan fingerprint density at radius 1 is 0.889 bits per heavy atom. The van der Waals surface area contributed by atoms with Gasteiger partial charge in [-0.2, -0.15) is 4.99 Å². The second-order valence-corrected chi connectivity index (χ2v) is 9.75. The predicted octanol–water partition coefficient (Wildman–Crippen LogP) is 5.06. The Morgan fingerprint density at radius 2 is 1.58 bits per heavy atom. The van der Waals surface area contributed by atoms with E-state index in [9.17, 15) is 4.79 Å². The molecule has 7 heteroatoms. The summed E-state index contributed by atoms with van der Waals surface area (Å²) in [5, 5.41) is 0.792. The lowest BCUT2D eigenvalue weighted by molar-refractivity contribution is -0.113. The number of carbonyl (C=O) groups is 1. The van der Waals surface area contributed by atoms with Crippen molar-refractivity contribution in [2.24, 2.45) is 4.99 Å². The van der Waals surface area contributed by atoms with Gasteiger partial charge in [0.15, 0.2) is 16.7 Å². The number of aliphatic imine (C=N–C) groups is 1. The van der Waals surface area contributed by atoms with Gasteiger partial charge in [0.05, 0.1) is 12.0 Å². The number of nitrogens with zero attached hydrogens (tertiary/aromatic N) is 3. The van der Waals surface area contributed by atoms with Crippen molar-refractivity contribution in [3.05, 3.63) is 100 Å². The third kappa shape index (κ3) is 5.98. The number of hydrogen-bond donors (Lipinski definition) is 0. The zero-order valence-electron chi connectivity index (χ0n) is 20.3. The summed E-state index contributed by atoms with van der Waals surface area (Å²) in [6.07, 6.45) is 1.87. The molecule has 0 unspecified atom stereocenters. The Bertz CT molecular complexity index is 1250. The van der Waals surface area contributed by atoms with E-state index in [-0.39, 0.29) is 5.91 Å². The molecular weight excluding hydrogens is 470 g/mol. The van der Waals surface area contributed by atoms with Crippen LogP contribution in [0.1, 0.15) is 16.7 Å². The summed E-state index contributed by atoms with van der Waals surface area (Å²) in [5.74, 6) is 1.11. The number of ether oxygens (including phenoxy) is 2. The van der Waals surface area contributed by atoms with Crippen molar-refractivity contribution in [3.63, 3.8) is 0 Å². The molecule has 3 aromatic carbocycles. The van der Waals surface area contributed by atoms with E-state index in [2.05, 4.69) is 39.1 Å². The van der Waals surface area contributed by atoms with Gasteiger partial charge in [-0.05, 0) is 46.7 Å². The van der Waals surface area contributed by atoms with E-state index in [1.807, 2.05) is 60.7 Å². The lowest BCUT2D eigenvalue weighted by Gasteiger charge is -2.35. The van der Waals surface area contributed by atoms with E-state index in [0.717, 1.165) is 49.0 Å². The Kier molecular flexibility index (Phi) is 7.69. The molecule has 2 aliphatic rings. The van der Waals surface area contributed by atoms with E-state index >= 15 is 0 Å². The van der Waals surface area contributed by atoms with Gasteiger partial charge in [0.2, 0.25) is 0 Å². The van der Waals surface area contributed by atoms with Crippen LogP contribution in [0, 0.1) is 0 Å². The van der Waals surface area contributed by atoms with Gasteiger partial charge in [-0.15, -0.1) is 0 Å². The van der Waals surface area contributed by atoms with Crippen LogP contribution in [0.25, 0.3) is 6.08 Å². The van der Waals surface area contributed by atoms with Crippen LogP contribution in [0.4, 0.5) is 0 Å². The lowest BCUT2D eigenvalue weighted by Crippen LogP contribution is -2.47. The fourth-order valence-corrected chi connectivity index (χ4v) is 5.22. The standard InChI is InChI=1S/C29H29N3O3S/c1-34-26-18-24(12-13-25(26)35-21-23-10-6-3-7-11-23)19-27-28(33)30-29(36-27)32-16-14-31(15-17-32)20-22-8-4-2-5-9-22/h2-13,18-19H,14-17,20-21H2,1H3/b27-19+. The maximum absolute atomic E-state index is 12.6. The smallest absolute Gasteiger partial charge is 0.286 e. The Morgan fingerprint density at radius 3 is 2.28 bits per heavy atom. The van der Waals surface area contributed by atoms with Crippen molar-refractivity contribution in [2.45, 2.75) is 13.2 Å². The molecule has 1 saturated heterocycles. The number of methoxy groups -OCH3 is 1. The molecule has 0 aliphatic carbocycles. The van der Waals surface area contributed by atoms with E-state index in [1.165, 1.54) is 17.3 Å². The molecule has 0 radical (unpaired) electrons. The summed E-state index contributed by atoms with van der Waals surface area (Å²) in [5.41, 5.74) is 3.29. The summed E-state index contributed by atoms with van der Waals surface area (Å²) in [4.78, 5) is 22.3. The van der Waals surface area contributed by atoms with Crippen LogP contribution in [0.5, 0.6) is 11.5 Å². The van der Waals surface area contributed by atoms with Crippen LogP contribution in [-0.4, -0.2) is 54.2 Å². The van der Waals surface area contributed by atoms with E-state index < -0.39 is 0 Å². The minimum Gasteiger partial charge on any atom is -0.493 e. The van der Waals surface area contributed by atoms with Crippen LogP contribution < -0.4 is 9.47 Å². The van der Waals surface area contributed by atoms with Crippen LogP contribution in [0.15, 0.2) is 88.8 Å². The molecule has 36 heavy (non-hydrogen) atoms. The van der Waals surface area contributed by atoms with E-state index in [0.29, 0.717) is 23.0 Å². The van der Waals surface area contributed by atoms with Gasteiger partial charge in [0, 0.05) is 32.7 Å². The molecule has 0 atom stereocenters. The molecule has 5 rings (SSSR count). The minimum atomic E-state index is -0.190. The number of carbonyl (C=O) groups excluding carboxylic acids is 1. The first-order chi connectivity index (χ1) is 17.7. The first-order valence-corrected chi connectivity index (χ1v) is 12.9. The largest absolute Gasteiger partial charge is 0.493 e. The zero-order valence-corrected chi connectivity index (χ0v) is 21.1. The maximum Gasteiger partial charge on any atom is 0.286 e. The number of piperazine rings is 1. The molecule has 6 nitrogen and oxygen atoms in total. The highest BCUT2D eigenvalue weighted by Crippen LogP contribution is 2.34. The lowest BCUT2D eigenvalue weighted by atomic mass is 10.2. The second-order valence-electron chi connectivity index (χ2n) is 8.74. The third-order valence-electron chi connectivity index (χ3n) is 6.22. The number of hydrogen-bond acceptors (Lipinski definition) is 6. The number of rotatable bonds is 7. The molecular formula is C29H29N3O3S. The van der Waals surface area contributed by atoms with Gasteiger partial charge in [-0.3, -0.25) is 9.69 Å². The van der Waals surface area contributed by atoms with Crippen molar-refractivity contribution >= 4 is 28.9 Å². The number of thioether (sulfide) groups is 1. The summed E-state index contributed by atoms with van der Waals surface area (Å²) >= 11 is 1.45. The number of amidine groups is 1. The van der Waals surface area contributed by atoms with Crippen LogP contribution >= 0.6 is 11.8 Å². The zero-order chi connectivity index (χ0) is 24.7. The van der Waals surface area contributed by atoms with Crippen molar-refractivity contribution in [3.8, 4) is 11.5 Å². The topological polar surface area (TPSA) is 54.4 Å². The third-order valence-corrected chi connectivity index (χ3v) is 7.27. The molecule has 0 spiro atoms. The quantitative estimate of drug-likeness (QED) is 0.424. The van der Waals surface area contributed by atoms with Crippen molar-refractivity contribution in [2.75, 3.05) is 33.3 Å². The molecule has 1 amide bonds. The summed E-state index contributed by atoms with van der Waals surface area (Å²) in [7, 11) is 1.62. The molecule has 0 aromatic heterocycles. The van der Waals surface area contributed by atoms with Crippen molar-refractivity contribution in [1.29, 1.82) is 0 Å². The van der Waals surface area contributed by atoms with Gasteiger partial charge in [-0.25, -0.2) is 0 Å². The molecule has 1 fully saturated rings. The van der Waals surface area contributed by atoms with E-state index in [4.69, 9.17) is 9.47 Å². The Balaban J connectivity index is 1.18. The Labute approximate surface area is 216 Å². The monoisotopic (exact) mass is 499 g/mol. The fraction of sp³-hybridized carbons (Fsp3) is 0.241. The summed E-state index contributed by atoms with van der Waals surface area (Å²) < 4.78 is 11.5. The molecule has 2 heterocycles. The number of benzene rings is 3. The normalized spacial score (nSPS) is 17.4. The van der Waals surface area contributed by atoms with Crippen molar-refractivity contribution < 1.29 is 14.3 Å². The average molecular weight is 500 g/mol. The first kappa shape index (κ1) is 24.2. The summed E-state index contributed by atoms with van der Waals surface area (Å²) in [6.45, 7) is 5.03. The highest BCUT2D eigenvalue weighted by atomic mass is 32.2. The molecule has 3 aromatic rings. The van der Waals surface area contributed by atoms with Gasteiger partial charge in [0.1, 0.15) is 6.61 Å². The van der Waals surface area contributed by atoms with Gasteiger partial charge < -0.3 is 14.4 Å². The highest BCUT2D eigenvalue weighted by Gasteiger charge is 2.28.